The summed E-state index contributed by atoms with van der Waals surface area (Å²) >= 11 is 6.09. The van der Waals surface area contributed by atoms with E-state index in [1.54, 1.807) is 6.07 Å². The van der Waals surface area contributed by atoms with Crippen molar-refractivity contribution >= 4 is 31.0 Å². The standard InChI is InChI=1S/C15H13ClOP.Li/c1-10-6-8-12(9-7-10)18-15(17)14-11(2)4-3-5-13(14)16;/h3-9H,1-2H3;/q-1;+1. The normalized spacial score (nSPS) is 10.5. The van der Waals surface area contributed by atoms with Crippen molar-refractivity contribution in [1.29, 1.82) is 0 Å². The van der Waals surface area contributed by atoms with E-state index in [9.17, 15) is 4.79 Å². The van der Waals surface area contributed by atoms with Gasteiger partial charge in [0.15, 0.2) is 0 Å². The number of carbonyl (C=O) groups excluding carboxylic acids is 1. The maximum atomic E-state index is 12.2. The van der Waals surface area contributed by atoms with Gasteiger partial charge in [0.25, 0.3) is 0 Å². The summed E-state index contributed by atoms with van der Waals surface area (Å²) < 4.78 is 0. The van der Waals surface area contributed by atoms with Crippen molar-refractivity contribution in [3.8, 4) is 0 Å². The van der Waals surface area contributed by atoms with E-state index in [0.29, 0.717) is 19.2 Å². The van der Waals surface area contributed by atoms with Crippen LogP contribution < -0.4 is 24.2 Å². The van der Waals surface area contributed by atoms with Crippen LogP contribution in [0.15, 0.2) is 42.5 Å². The van der Waals surface area contributed by atoms with Crippen LogP contribution in [-0.2, 0) is 0 Å². The molecule has 0 aromatic heterocycles. The summed E-state index contributed by atoms with van der Waals surface area (Å²) in [6.45, 7) is 3.93. The molecule has 0 aliphatic carbocycles. The minimum atomic E-state index is 0. The Labute approximate surface area is 132 Å². The van der Waals surface area contributed by atoms with Gasteiger partial charge in [0.1, 0.15) is 0 Å². The molecule has 0 atom stereocenters. The Morgan fingerprint density at radius 1 is 1.05 bits per heavy atom. The molecule has 0 bridgehead atoms. The van der Waals surface area contributed by atoms with Crippen molar-refractivity contribution in [3.63, 3.8) is 0 Å². The van der Waals surface area contributed by atoms with Crippen LogP contribution in [0.25, 0.3) is 0 Å². The third kappa shape index (κ3) is 4.20. The van der Waals surface area contributed by atoms with Crippen LogP contribution in [0.3, 0.4) is 0 Å². The average molecular weight is 283 g/mol. The van der Waals surface area contributed by atoms with Gasteiger partial charge in [-0.2, -0.15) is 5.30 Å². The summed E-state index contributed by atoms with van der Waals surface area (Å²) in [6.07, 6.45) is 0. The summed E-state index contributed by atoms with van der Waals surface area (Å²) in [5.74, 6) is 0. The van der Waals surface area contributed by atoms with Gasteiger partial charge in [-0.25, -0.2) is 0 Å². The van der Waals surface area contributed by atoms with Crippen molar-refractivity contribution in [1.82, 2.24) is 0 Å². The van der Waals surface area contributed by atoms with Crippen LogP contribution in [-0.4, -0.2) is 5.52 Å². The van der Waals surface area contributed by atoms with Gasteiger partial charge < -0.3 is 13.4 Å². The zero-order valence-electron chi connectivity index (χ0n) is 11.3. The Balaban J connectivity index is 0.00000180. The topological polar surface area (TPSA) is 17.1 Å². The molecule has 0 saturated carbocycles. The van der Waals surface area contributed by atoms with Crippen molar-refractivity contribution in [3.05, 3.63) is 64.2 Å². The smallest absolute Gasteiger partial charge is 0.426 e. The minimum Gasteiger partial charge on any atom is -0.426 e. The zero-order valence-corrected chi connectivity index (χ0v) is 12.9. The second-order valence-electron chi connectivity index (χ2n) is 4.18. The first-order valence-electron chi connectivity index (χ1n) is 5.66. The predicted octanol–water partition coefficient (Wildman–Crippen LogP) is 1.37. The molecule has 0 unspecified atom stereocenters. The predicted molar refractivity (Wildman–Crippen MR) is 78.3 cm³/mol. The van der Waals surface area contributed by atoms with Crippen molar-refractivity contribution in [2.45, 2.75) is 13.8 Å². The Bertz CT molecular complexity index is 561. The number of benzene rings is 2. The molecule has 1 nitrogen and oxygen atoms in total. The molecule has 0 heterocycles. The summed E-state index contributed by atoms with van der Waals surface area (Å²) in [7, 11) is 0.666. The largest absolute Gasteiger partial charge is 1.00 e. The van der Waals surface area contributed by atoms with E-state index in [2.05, 4.69) is 0 Å². The third-order valence-electron chi connectivity index (χ3n) is 2.70. The van der Waals surface area contributed by atoms with Crippen LogP contribution in [0.2, 0.25) is 5.02 Å². The van der Waals surface area contributed by atoms with Crippen molar-refractivity contribution in [2.75, 3.05) is 0 Å². The molecular formula is C15H13ClLiOP. The molecule has 0 aliphatic rings. The number of carbonyl (C=O) groups is 1. The Morgan fingerprint density at radius 3 is 2.26 bits per heavy atom. The van der Waals surface area contributed by atoms with E-state index in [4.69, 9.17) is 11.6 Å². The first-order valence-corrected chi connectivity index (χ1v) is 6.93. The molecule has 2 aromatic carbocycles. The zero-order chi connectivity index (χ0) is 13.1. The van der Waals surface area contributed by atoms with Crippen LogP contribution >= 0.6 is 20.2 Å². The number of rotatable bonds is 3. The van der Waals surface area contributed by atoms with Gasteiger partial charge in [0, 0.05) is 16.1 Å². The fourth-order valence-electron chi connectivity index (χ4n) is 1.70. The van der Waals surface area contributed by atoms with Crippen LogP contribution in [0.4, 0.5) is 0 Å². The van der Waals surface area contributed by atoms with Crippen molar-refractivity contribution < 1.29 is 23.7 Å². The van der Waals surface area contributed by atoms with Gasteiger partial charge in [0.2, 0.25) is 0 Å². The molecule has 2 rings (SSSR count). The molecule has 92 valence electrons. The van der Waals surface area contributed by atoms with Crippen molar-refractivity contribution in [2.24, 2.45) is 0 Å². The summed E-state index contributed by atoms with van der Waals surface area (Å²) in [5, 5.41) is 1.52. The van der Waals surface area contributed by atoms with Gasteiger partial charge in [-0.05, 0) is 25.5 Å². The quantitative estimate of drug-likeness (QED) is 0.614. The van der Waals surface area contributed by atoms with Gasteiger partial charge in [-0.3, -0.25) is 0 Å². The Morgan fingerprint density at radius 2 is 1.68 bits per heavy atom. The fourth-order valence-corrected chi connectivity index (χ4v) is 3.01. The summed E-state index contributed by atoms with van der Waals surface area (Å²) in [6, 6.07) is 13.5. The van der Waals surface area contributed by atoms with E-state index in [1.165, 1.54) is 5.56 Å². The molecule has 0 radical (unpaired) electrons. The number of aryl methyl sites for hydroxylation is 2. The minimum absolute atomic E-state index is 0. The first kappa shape index (κ1) is 16.5. The van der Waals surface area contributed by atoms with Crippen LogP contribution in [0.1, 0.15) is 21.5 Å². The van der Waals surface area contributed by atoms with Gasteiger partial charge in [-0.1, -0.05) is 53.6 Å². The maximum absolute atomic E-state index is 12.2. The molecule has 0 aliphatic heterocycles. The van der Waals surface area contributed by atoms with Gasteiger partial charge in [-0.15, -0.1) is 0 Å². The van der Waals surface area contributed by atoms with E-state index in [0.717, 1.165) is 10.9 Å². The molecule has 0 N–H and O–H groups in total. The monoisotopic (exact) mass is 282 g/mol. The van der Waals surface area contributed by atoms with Crippen LogP contribution in [0.5, 0.6) is 0 Å². The van der Waals surface area contributed by atoms with E-state index >= 15 is 0 Å². The van der Waals surface area contributed by atoms with E-state index in [1.807, 2.05) is 50.2 Å². The number of hydrogen-bond acceptors (Lipinski definition) is 1. The van der Waals surface area contributed by atoms with E-state index in [-0.39, 0.29) is 24.4 Å². The van der Waals surface area contributed by atoms with Gasteiger partial charge in [0.05, 0.1) is 0 Å². The molecular weight excluding hydrogens is 270 g/mol. The summed E-state index contributed by atoms with van der Waals surface area (Å²) in [4.78, 5) is 12.2. The molecule has 19 heavy (non-hydrogen) atoms. The second-order valence-corrected chi connectivity index (χ2v) is 5.74. The molecule has 0 fully saturated rings. The maximum Gasteiger partial charge on any atom is 1.00 e. The molecule has 2 aromatic rings. The van der Waals surface area contributed by atoms with Gasteiger partial charge >= 0.3 is 18.9 Å². The summed E-state index contributed by atoms with van der Waals surface area (Å²) in [5.41, 5.74) is 2.78. The molecule has 0 amide bonds. The SMILES string of the molecule is Cc1ccc([P-]C(=O)c2c(C)cccc2Cl)cc1.[Li+]. The second kappa shape index (κ2) is 7.27. The Kier molecular flexibility index (Phi) is 6.31. The number of hydrogen-bond donors (Lipinski definition) is 0. The number of halogens is 1. The van der Waals surface area contributed by atoms with Crippen LogP contribution in [0, 0.1) is 13.8 Å². The first-order chi connectivity index (χ1) is 8.58. The van der Waals surface area contributed by atoms with E-state index < -0.39 is 0 Å². The molecule has 0 saturated heterocycles. The fraction of sp³-hybridized carbons (Fsp3) is 0.133. The average Bonchev–Trinajstić information content (AvgIpc) is 2.32. The Hall–Kier alpha value is -0.573. The molecule has 4 heteroatoms. The third-order valence-corrected chi connectivity index (χ3v) is 4.00. The molecule has 0 spiro atoms.